The van der Waals surface area contributed by atoms with E-state index in [1.54, 1.807) is 18.5 Å². The van der Waals surface area contributed by atoms with Crippen LogP contribution < -0.4 is 5.32 Å². The third-order valence-electron chi connectivity index (χ3n) is 2.93. The standard InChI is InChI=1S/C14H15F2N3/c1-9-14(18-6-5-17-9)10(2)19-8-11-3-4-12(15)13(16)7-11/h3-7,10,19H,8H2,1-2H3. The highest BCUT2D eigenvalue weighted by Gasteiger charge is 2.10. The van der Waals surface area contributed by atoms with Gasteiger partial charge in [-0.3, -0.25) is 9.97 Å². The van der Waals surface area contributed by atoms with Gasteiger partial charge in [-0.05, 0) is 31.5 Å². The molecule has 1 atom stereocenters. The molecule has 0 fully saturated rings. The van der Waals surface area contributed by atoms with Crippen molar-refractivity contribution in [2.24, 2.45) is 0 Å². The van der Waals surface area contributed by atoms with E-state index in [0.29, 0.717) is 12.1 Å². The Labute approximate surface area is 110 Å². The molecule has 0 aliphatic carbocycles. The Bertz CT molecular complexity index is 572. The molecule has 1 aromatic heterocycles. The second kappa shape index (κ2) is 5.84. The Balaban J connectivity index is 2.02. The third kappa shape index (κ3) is 3.32. The summed E-state index contributed by atoms with van der Waals surface area (Å²) in [7, 11) is 0. The highest BCUT2D eigenvalue weighted by Crippen LogP contribution is 2.14. The lowest BCUT2D eigenvalue weighted by Crippen LogP contribution is -2.20. The first-order valence-electron chi connectivity index (χ1n) is 6.02. The van der Waals surface area contributed by atoms with Gasteiger partial charge in [0.05, 0.1) is 11.4 Å². The summed E-state index contributed by atoms with van der Waals surface area (Å²) in [6, 6.07) is 3.87. The average molecular weight is 263 g/mol. The van der Waals surface area contributed by atoms with Crippen molar-refractivity contribution in [3.8, 4) is 0 Å². The molecule has 19 heavy (non-hydrogen) atoms. The normalized spacial score (nSPS) is 12.4. The van der Waals surface area contributed by atoms with E-state index in [4.69, 9.17) is 0 Å². The second-order valence-electron chi connectivity index (χ2n) is 4.38. The van der Waals surface area contributed by atoms with E-state index in [0.717, 1.165) is 17.5 Å². The van der Waals surface area contributed by atoms with E-state index in [9.17, 15) is 8.78 Å². The van der Waals surface area contributed by atoms with Crippen LogP contribution in [0.1, 0.15) is 29.9 Å². The van der Waals surface area contributed by atoms with Crippen LogP contribution >= 0.6 is 0 Å². The van der Waals surface area contributed by atoms with E-state index < -0.39 is 11.6 Å². The van der Waals surface area contributed by atoms with Crippen molar-refractivity contribution < 1.29 is 8.78 Å². The van der Waals surface area contributed by atoms with Gasteiger partial charge in [-0.1, -0.05) is 6.07 Å². The van der Waals surface area contributed by atoms with Gasteiger partial charge in [0.2, 0.25) is 0 Å². The van der Waals surface area contributed by atoms with E-state index in [2.05, 4.69) is 15.3 Å². The summed E-state index contributed by atoms with van der Waals surface area (Å²) in [5.74, 6) is -1.66. The number of benzene rings is 1. The van der Waals surface area contributed by atoms with Crippen LogP contribution in [0.2, 0.25) is 0 Å². The maximum atomic E-state index is 13.1. The van der Waals surface area contributed by atoms with Crippen molar-refractivity contribution >= 4 is 0 Å². The van der Waals surface area contributed by atoms with Gasteiger partial charge in [0.25, 0.3) is 0 Å². The molecule has 3 nitrogen and oxygen atoms in total. The molecule has 0 amide bonds. The van der Waals surface area contributed by atoms with Crippen molar-refractivity contribution in [3.05, 3.63) is 59.2 Å². The maximum absolute atomic E-state index is 13.1. The highest BCUT2D eigenvalue weighted by molar-refractivity contribution is 5.18. The SMILES string of the molecule is Cc1nccnc1C(C)NCc1ccc(F)c(F)c1. The number of rotatable bonds is 4. The molecule has 5 heteroatoms. The molecule has 1 heterocycles. The fourth-order valence-corrected chi connectivity index (χ4v) is 1.86. The van der Waals surface area contributed by atoms with Gasteiger partial charge < -0.3 is 5.32 Å². The van der Waals surface area contributed by atoms with Crippen molar-refractivity contribution in [3.63, 3.8) is 0 Å². The third-order valence-corrected chi connectivity index (χ3v) is 2.93. The predicted octanol–water partition coefficient (Wildman–Crippen LogP) is 2.91. The minimum Gasteiger partial charge on any atom is -0.305 e. The topological polar surface area (TPSA) is 37.8 Å². The van der Waals surface area contributed by atoms with Crippen LogP contribution in [0, 0.1) is 18.6 Å². The quantitative estimate of drug-likeness (QED) is 0.921. The van der Waals surface area contributed by atoms with Crippen LogP contribution in [0.5, 0.6) is 0 Å². The molecule has 0 bridgehead atoms. The molecular weight excluding hydrogens is 248 g/mol. The summed E-state index contributed by atoms with van der Waals surface area (Å²) in [5, 5.41) is 3.21. The number of nitrogens with zero attached hydrogens (tertiary/aromatic N) is 2. The Morgan fingerprint density at radius 1 is 1.16 bits per heavy atom. The Hall–Kier alpha value is -1.88. The second-order valence-corrected chi connectivity index (χ2v) is 4.38. The van der Waals surface area contributed by atoms with Gasteiger partial charge in [-0.25, -0.2) is 8.78 Å². The lowest BCUT2D eigenvalue weighted by molar-refractivity contribution is 0.503. The molecule has 1 N–H and O–H groups in total. The largest absolute Gasteiger partial charge is 0.305 e. The predicted molar refractivity (Wildman–Crippen MR) is 68.4 cm³/mol. The number of aromatic nitrogens is 2. The number of hydrogen-bond acceptors (Lipinski definition) is 3. The minimum absolute atomic E-state index is 0.0122. The summed E-state index contributed by atoms with van der Waals surface area (Å²) in [4.78, 5) is 8.43. The summed E-state index contributed by atoms with van der Waals surface area (Å²) in [6.45, 7) is 4.28. The van der Waals surface area contributed by atoms with Crippen molar-refractivity contribution in [2.45, 2.75) is 26.4 Å². The molecular formula is C14H15F2N3. The maximum Gasteiger partial charge on any atom is 0.159 e. The first-order chi connectivity index (χ1) is 9.08. The summed E-state index contributed by atoms with van der Waals surface area (Å²) < 4.78 is 25.9. The minimum atomic E-state index is -0.832. The van der Waals surface area contributed by atoms with Gasteiger partial charge in [-0.15, -0.1) is 0 Å². The molecule has 1 unspecified atom stereocenters. The number of hydrogen-bond donors (Lipinski definition) is 1. The zero-order valence-electron chi connectivity index (χ0n) is 10.8. The van der Waals surface area contributed by atoms with Gasteiger partial charge in [0, 0.05) is 25.0 Å². The van der Waals surface area contributed by atoms with E-state index >= 15 is 0 Å². The monoisotopic (exact) mass is 263 g/mol. The van der Waals surface area contributed by atoms with Gasteiger partial charge >= 0.3 is 0 Å². The Morgan fingerprint density at radius 3 is 2.58 bits per heavy atom. The van der Waals surface area contributed by atoms with E-state index in [-0.39, 0.29) is 6.04 Å². The fourth-order valence-electron chi connectivity index (χ4n) is 1.86. The molecule has 0 aliphatic heterocycles. The first kappa shape index (κ1) is 13.5. The zero-order chi connectivity index (χ0) is 13.8. The molecule has 0 aliphatic rings. The van der Waals surface area contributed by atoms with Crippen LogP contribution in [0.25, 0.3) is 0 Å². The number of aryl methyl sites for hydroxylation is 1. The van der Waals surface area contributed by atoms with Gasteiger partial charge in [-0.2, -0.15) is 0 Å². The van der Waals surface area contributed by atoms with E-state index in [1.165, 1.54) is 6.07 Å². The van der Waals surface area contributed by atoms with Crippen molar-refractivity contribution in [1.29, 1.82) is 0 Å². The molecule has 0 spiro atoms. The van der Waals surface area contributed by atoms with Crippen LogP contribution in [-0.2, 0) is 6.54 Å². The van der Waals surface area contributed by atoms with E-state index in [1.807, 2.05) is 13.8 Å². The summed E-state index contributed by atoms with van der Waals surface area (Å²) in [5.41, 5.74) is 2.39. The molecule has 2 aromatic rings. The molecule has 1 aromatic carbocycles. The average Bonchev–Trinajstić information content (AvgIpc) is 2.40. The zero-order valence-corrected chi connectivity index (χ0v) is 10.8. The summed E-state index contributed by atoms with van der Waals surface area (Å²) in [6.07, 6.45) is 3.28. The van der Waals surface area contributed by atoms with Gasteiger partial charge in [0.15, 0.2) is 11.6 Å². The molecule has 0 radical (unpaired) electrons. The van der Waals surface area contributed by atoms with Crippen molar-refractivity contribution in [2.75, 3.05) is 0 Å². The van der Waals surface area contributed by atoms with Crippen LogP contribution in [-0.4, -0.2) is 9.97 Å². The highest BCUT2D eigenvalue weighted by atomic mass is 19.2. The number of halogens is 2. The van der Waals surface area contributed by atoms with Gasteiger partial charge in [0.1, 0.15) is 0 Å². The fraction of sp³-hybridized carbons (Fsp3) is 0.286. The molecule has 2 rings (SSSR count). The Kier molecular flexibility index (Phi) is 4.16. The smallest absolute Gasteiger partial charge is 0.159 e. The molecule has 0 saturated heterocycles. The lowest BCUT2D eigenvalue weighted by atomic mass is 10.1. The van der Waals surface area contributed by atoms with Crippen LogP contribution in [0.3, 0.4) is 0 Å². The van der Waals surface area contributed by atoms with Crippen molar-refractivity contribution in [1.82, 2.24) is 15.3 Å². The van der Waals surface area contributed by atoms with Crippen LogP contribution in [0.15, 0.2) is 30.6 Å². The molecule has 100 valence electrons. The lowest BCUT2D eigenvalue weighted by Gasteiger charge is -2.14. The van der Waals surface area contributed by atoms with Crippen LogP contribution in [0.4, 0.5) is 8.78 Å². The Morgan fingerprint density at radius 2 is 1.89 bits per heavy atom. The summed E-state index contributed by atoms with van der Waals surface area (Å²) >= 11 is 0. The molecule has 0 saturated carbocycles. The first-order valence-corrected chi connectivity index (χ1v) is 6.02. The number of nitrogens with one attached hydrogen (secondary N) is 1.